The minimum Gasteiger partial charge on any atom is -0.0825 e. The molecule has 2 rings (SSSR count). The van der Waals surface area contributed by atoms with Crippen LogP contribution >= 0.6 is 31.0 Å². The summed E-state index contributed by atoms with van der Waals surface area (Å²) in [5.41, 5.74) is 0. The highest BCUT2D eigenvalue weighted by molar-refractivity contribution is 7.61. The molecule has 2 aromatic rings. The molecule has 16 heavy (non-hydrogen) atoms. The van der Waals surface area contributed by atoms with Crippen LogP contribution in [0.15, 0.2) is 48.5 Å². The molecular weight excluding hydrogens is 262 g/mol. The van der Waals surface area contributed by atoms with E-state index in [-0.39, 0.29) is 0 Å². The van der Waals surface area contributed by atoms with Crippen LogP contribution in [0, 0.1) is 0 Å². The fourth-order valence-electron chi connectivity index (χ4n) is 1.35. The summed E-state index contributed by atoms with van der Waals surface area (Å²) < 4.78 is 12.2. The summed E-state index contributed by atoms with van der Waals surface area (Å²) in [6.45, 7) is 0. The normalized spacial score (nSPS) is 11.2. The van der Waals surface area contributed by atoms with E-state index in [0.717, 1.165) is 5.30 Å². The van der Waals surface area contributed by atoms with Crippen molar-refractivity contribution in [2.24, 2.45) is 0 Å². The van der Waals surface area contributed by atoms with E-state index in [2.05, 4.69) is 0 Å². The largest absolute Gasteiger partial charge is 0.416 e. The van der Waals surface area contributed by atoms with Crippen molar-refractivity contribution in [1.29, 1.82) is 0 Å². The van der Waals surface area contributed by atoms with Crippen LogP contribution in [0.2, 0.25) is 10.0 Å². The lowest BCUT2D eigenvalue weighted by Gasteiger charge is -1.95. The topological polar surface area (TPSA) is 17.1 Å². The van der Waals surface area contributed by atoms with Gasteiger partial charge in [-0.2, -0.15) is 0 Å². The van der Waals surface area contributed by atoms with E-state index < -0.39 is 7.80 Å². The monoisotopic (exact) mass is 269 g/mol. The second-order valence-corrected chi connectivity index (χ2v) is 5.57. The molecule has 0 radical (unpaired) electrons. The third-order valence-electron chi connectivity index (χ3n) is 2.14. The third kappa shape index (κ3) is 2.27. The molecule has 0 saturated heterocycles. The van der Waals surface area contributed by atoms with Crippen LogP contribution in [-0.2, 0) is 4.57 Å². The van der Waals surface area contributed by atoms with Gasteiger partial charge in [0, 0.05) is 0 Å². The fraction of sp³-hybridized carbons (Fsp3) is 0. The van der Waals surface area contributed by atoms with Gasteiger partial charge in [-0.1, -0.05) is 52.0 Å². The quantitative estimate of drug-likeness (QED) is 0.759. The van der Waals surface area contributed by atoms with Crippen molar-refractivity contribution in [2.45, 2.75) is 0 Å². The first-order chi connectivity index (χ1) is 7.70. The van der Waals surface area contributed by atoms with Crippen molar-refractivity contribution in [3.05, 3.63) is 58.6 Å². The predicted octanol–water partition coefficient (Wildman–Crippen LogP) is 3.77. The zero-order valence-electron chi connectivity index (χ0n) is 8.23. The number of benzene rings is 2. The molecule has 0 spiro atoms. The van der Waals surface area contributed by atoms with E-state index in [9.17, 15) is 4.57 Å². The van der Waals surface area contributed by atoms with Crippen molar-refractivity contribution >= 4 is 41.6 Å². The molecule has 4 heteroatoms. The predicted molar refractivity (Wildman–Crippen MR) is 69.8 cm³/mol. The number of hydrogen-bond acceptors (Lipinski definition) is 1. The van der Waals surface area contributed by atoms with Gasteiger partial charge in [-0.05, 0) is 24.3 Å². The Labute approximate surface area is 105 Å². The lowest BCUT2D eigenvalue weighted by molar-refractivity contribution is 0.598. The maximum atomic E-state index is 12.2. The van der Waals surface area contributed by atoms with Crippen molar-refractivity contribution in [3.63, 3.8) is 0 Å². The maximum Gasteiger partial charge on any atom is 0.416 e. The Hall–Kier alpha value is -0.880. The molecule has 0 aromatic heterocycles. The summed E-state index contributed by atoms with van der Waals surface area (Å²) in [4.78, 5) is 0. The van der Waals surface area contributed by atoms with E-state index in [0.29, 0.717) is 15.3 Å². The van der Waals surface area contributed by atoms with Crippen LogP contribution < -0.4 is 10.6 Å². The maximum absolute atomic E-state index is 12.2. The zero-order valence-corrected chi connectivity index (χ0v) is 10.6. The second kappa shape index (κ2) is 4.97. The summed E-state index contributed by atoms with van der Waals surface area (Å²) >= 11 is 11.9. The van der Waals surface area contributed by atoms with E-state index in [4.69, 9.17) is 23.2 Å². The average Bonchev–Trinajstić information content (AvgIpc) is 2.33. The summed E-state index contributed by atoms with van der Waals surface area (Å²) in [6, 6.07) is 14.4. The second-order valence-electron chi connectivity index (χ2n) is 3.20. The molecule has 1 unspecified atom stereocenters. The molecule has 0 bridgehead atoms. The molecule has 0 amide bonds. The van der Waals surface area contributed by atoms with Crippen molar-refractivity contribution in [3.8, 4) is 0 Å². The zero-order chi connectivity index (χ0) is 11.5. The Morgan fingerprint density at radius 3 is 2.25 bits per heavy atom. The van der Waals surface area contributed by atoms with E-state index in [1.165, 1.54) is 0 Å². The number of halogens is 2. The van der Waals surface area contributed by atoms with Gasteiger partial charge in [-0.15, -0.1) is 0 Å². The first kappa shape index (κ1) is 11.6. The summed E-state index contributed by atoms with van der Waals surface area (Å²) in [7, 11) is -1.67. The van der Waals surface area contributed by atoms with Crippen molar-refractivity contribution in [1.82, 2.24) is 0 Å². The molecule has 0 fully saturated rings. The molecule has 1 nitrogen and oxygen atoms in total. The molecule has 0 saturated carbocycles. The Morgan fingerprint density at radius 2 is 1.56 bits per heavy atom. The first-order valence-corrected chi connectivity index (χ1v) is 6.68. The Balaban J connectivity index is 2.46. The van der Waals surface area contributed by atoms with Gasteiger partial charge in [0.1, 0.15) is 5.02 Å². The van der Waals surface area contributed by atoms with Crippen LogP contribution in [-0.4, -0.2) is 0 Å². The molecule has 1 atom stereocenters. The minimum absolute atomic E-state index is 0.370. The van der Waals surface area contributed by atoms with Crippen LogP contribution in [0.1, 0.15) is 0 Å². The Kier molecular flexibility index (Phi) is 3.60. The highest BCUT2D eigenvalue weighted by Crippen LogP contribution is 2.28. The fourth-order valence-corrected chi connectivity index (χ4v) is 3.19. The standard InChI is InChI=1S/C12H8Cl2OP/c13-10-7-4-8-11(12(10)14)16(15)9-5-2-1-3-6-9/h1-8H/q+1. The van der Waals surface area contributed by atoms with Gasteiger partial charge in [0.25, 0.3) is 0 Å². The smallest absolute Gasteiger partial charge is 0.0825 e. The lowest BCUT2D eigenvalue weighted by Crippen LogP contribution is -2.07. The van der Waals surface area contributed by atoms with Crippen LogP contribution in [0.5, 0.6) is 0 Å². The molecule has 0 aliphatic rings. The Bertz CT molecular complexity index is 526. The van der Waals surface area contributed by atoms with Gasteiger partial charge < -0.3 is 0 Å². The third-order valence-corrected chi connectivity index (χ3v) is 4.67. The average molecular weight is 270 g/mol. The molecule has 0 aliphatic heterocycles. The SMILES string of the molecule is O=[P+](c1ccccc1)c1cccc(Cl)c1Cl. The number of rotatable bonds is 2. The summed E-state index contributed by atoms with van der Waals surface area (Å²) in [5, 5.41) is 2.13. The highest BCUT2D eigenvalue weighted by atomic mass is 35.5. The van der Waals surface area contributed by atoms with Gasteiger partial charge in [-0.3, -0.25) is 0 Å². The molecule has 0 N–H and O–H groups in total. The lowest BCUT2D eigenvalue weighted by atomic mass is 10.4. The van der Waals surface area contributed by atoms with Crippen molar-refractivity contribution in [2.75, 3.05) is 0 Å². The molecule has 80 valence electrons. The van der Waals surface area contributed by atoms with E-state index >= 15 is 0 Å². The first-order valence-electron chi connectivity index (χ1n) is 4.66. The molecular formula is C12H8Cl2OP+. The van der Waals surface area contributed by atoms with Crippen LogP contribution in [0.3, 0.4) is 0 Å². The number of hydrogen-bond donors (Lipinski definition) is 0. The minimum atomic E-state index is -1.67. The summed E-state index contributed by atoms with van der Waals surface area (Å²) in [6.07, 6.45) is 0. The van der Waals surface area contributed by atoms with Crippen molar-refractivity contribution < 1.29 is 4.57 Å². The summed E-state index contributed by atoms with van der Waals surface area (Å²) in [5.74, 6) is 0. The van der Waals surface area contributed by atoms with Crippen LogP contribution in [0.25, 0.3) is 0 Å². The molecule has 0 heterocycles. The van der Waals surface area contributed by atoms with Gasteiger partial charge in [0.05, 0.1) is 5.02 Å². The van der Waals surface area contributed by atoms with Gasteiger partial charge in [-0.25, -0.2) is 0 Å². The van der Waals surface area contributed by atoms with Gasteiger partial charge in [0.2, 0.25) is 5.30 Å². The van der Waals surface area contributed by atoms with Gasteiger partial charge in [0.15, 0.2) is 5.30 Å². The molecule has 0 aliphatic carbocycles. The van der Waals surface area contributed by atoms with E-state index in [1.807, 2.05) is 30.3 Å². The molecule has 2 aromatic carbocycles. The van der Waals surface area contributed by atoms with E-state index in [1.54, 1.807) is 18.2 Å². The van der Waals surface area contributed by atoms with Crippen LogP contribution in [0.4, 0.5) is 0 Å². The highest BCUT2D eigenvalue weighted by Gasteiger charge is 2.27. The van der Waals surface area contributed by atoms with Gasteiger partial charge >= 0.3 is 7.80 Å². The Morgan fingerprint density at radius 1 is 0.875 bits per heavy atom.